The van der Waals surface area contributed by atoms with E-state index in [4.69, 9.17) is 26.3 Å². The molecule has 3 heterocycles. The maximum absolute atomic E-state index is 13.0. The largest absolute Gasteiger partial charge is 0.497 e. The summed E-state index contributed by atoms with van der Waals surface area (Å²) in [5.74, 6) is 2.49. The molecule has 2 aromatic carbocycles. The molecule has 8 nitrogen and oxygen atoms in total. The van der Waals surface area contributed by atoms with E-state index in [2.05, 4.69) is 23.8 Å². The number of anilines is 1. The highest BCUT2D eigenvalue weighted by molar-refractivity contribution is 6.32. The van der Waals surface area contributed by atoms with Gasteiger partial charge in [-0.2, -0.15) is 5.10 Å². The highest BCUT2D eigenvalue weighted by atomic mass is 35.5. The van der Waals surface area contributed by atoms with Crippen molar-refractivity contribution in [3.05, 3.63) is 71.1 Å². The molecule has 1 saturated heterocycles. The van der Waals surface area contributed by atoms with Crippen LogP contribution >= 0.6 is 11.6 Å². The number of ether oxygens (including phenoxy) is 1. The van der Waals surface area contributed by atoms with Gasteiger partial charge in [-0.05, 0) is 36.4 Å². The van der Waals surface area contributed by atoms with Gasteiger partial charge >= 0.3 is 0 Å². The number of fused-ring (bicyclic) bond motifs is 1. The van der Waals surface area contributed by atoms with Crippen LogP contribution in [0.15, 0.2) is 54.7 Å². The first-order valence-electron chi connectivity index (χ1n) is 11.6. The summed E-state index contributed by atoms with van der Waals surface area (Å²) in [7, 11) is 1.61. The minimum Gasteiger partial charge on any atom is -0.497 e. The number of methoxy groups -OCH3 is 1. The first-order valence-corrected chi connectivity index (χ1v) is 12.0. The van der Waals surface area contributed by atoms with Crippen molar-refractivity contribution in [3.8, 4) is 11.4 Å². The van der Waals surface area contributed by atoms with E-state index in [0.717, 1.165) is 34.1 Å². The normalized spacial score (nSPS) is 14.1. The van der Waals surface area contributed by atoms with E-state index >= 15 is 0 Å². The fraction of sp³-hybridized carbons (Fsp3) is 0.308. The zero-order chi connectivity index (χ0) is 24.5. The standard InChI is InChI=1S/C26H27ClN6O2/c1-17(2)23-29-24(20-16-28-33(25(20)30-23)22-7-5-4-6-21(22)27)31-12-14-32(15-13-31)26(34)18-8-10-19(35-3)11-9-18/h4-11,16-17H,12-15H2,1-3H3. The lowest BCUT2D eigenvalue weighted by Crippen LogP contribution is -2.49. The molecule has 35 heavy (non-hydrogen) atoms. The summed E-state index contributed by atoms with van der Waals surface area (Å²) < 4.78 is 6.97. The Labute approximate surface area is 209 Å². The molecule has 9 heteroatoms. The Bertz CT molecular complexity index is 1360. The molecule has 0 unspecified atom stereocenters. The average molecular weight is 491 g/mol. The Kier molecular flexibility index (Phi) is 6.30. The van der Waals surface area contributed by atoms with Gasteiger partial charge in [0.15, 0.2) is 5.65 Å². The number of para-hydroxylation sites is 1. The number of carbonyl (C=O) groups excluding carboxylic acids is 1. The van der Waals surface area contributed by atoms with Crippen LogP contribution in [0.2, 0.25) is 5.02 Å². The first kappa shape index (κ1) is 23.1. The highest BCUT2D eigenvalue weighted by Gasteiger charge is 2.26. The average Bonchev–Trinajstić information content (AvgIpc) is 3.32. The third kappa shape index (κ3) is 4.41. The molecule has 1 aliphatic heterocycles. The van der Waals surface area contributed by atoms with Gasteiger partial charge in [-0.1, -0.05) is 37.6 Å². The lowest BCUT2D eigenvalue weighted by Gasteiger charge is -2.35. The van der Waals surface area contributed by atoms with E-state index in [-0.39, 0.29) is 11.8 Å². The van der Waals surface area contributed by atoms with Gasteiger partial charge < -0.3 is 14.5 Å². The SMILES string of the molecule is COc1ccc(C(=O)N2CCN(c3nc(C(C)C)nc4c3cnn4-c3ccccc3Cl)CC2)cc1. The summed E-state index contributed by atoms with van der Waals surface area (Å²) in [5, 5.41) is 6.08. The van der Waals surface area contributed by atoms with Crippen LogP contribution < -0.4 is 9.64 Å². The molecule has 0 saturated carbocycles. The van der Waals surface area contributed by atoms with E-state index < -0.39 is 0 Å². The number of benzene rings is 2. The summed E-state index contributed by atoms with van der Waals surface area (Å²) in [4.78, 5) is 26.8. The Balaban J connectivity index is 1.43. The summed E-state index contributed by atoms with van der Waals surface area (Å²) in [6.45, 7) is 6.70. The minimum absolute atomic E-state index is 0.0227. The number of rotatable bonds is 5. The zero-order valence-electron chi connectivity index (χ0n) is 20.0. The first-order chi connectivity index (χ1) is 17.0. The van der Waals surface area contributed by atoms with E-state index in [9.17, 15) is 4.79 Å². The summed E-state index contributed by atoms with van der Waals surface area (Å²) in [6, 6.07) is 14.8. The van der Waals surface area contributed by atoms with Gasteiger partial charge in [0.05, 0.1) is 29.4 Å². The number of nitrogens with zero attached hydrogens (tertiary/aromatic N) is 6. The highest BCUT2D eigenvalue weighted by Crippen LogP contribution is 2.30. The molecule has 0 aliphatic carbocycles. The minimum atomic E-state index is 0.0227. The monoisotopic (exact) mass is 490 g/mol. The number of amides is 1. The smallest absolute Gasteiger partial charge is 0.253 e. The number of halogens is 1. The molecular formula is C26H27ClN6O2. The maximum Gasteiger partial charge on any atom is 0.253 e. The van der Waals surface area contributed by atoms with E-state index in [1.807, 2.05) is 41.3 Å². The van der Waals surface area contributed by atoms with Crippen LogP contribution in [0.1, 0.15) is 35.9 Å². The van der Waals surface area contributed by atoms with Crippen molar-refractivity contribution in [1.82, 2.24) is 24.6 Å². The quantitative estimate of drug-likeness (QED) is 0.408. The second-order valence-electron chi connectivity index (χ2n) is 8.81. The molecule has 1 aliphatic rings. The predicted molar refractivity (Wildman–Crippen MR) is 137 cm³/mol. The molecule has 0 N–H and O–H groups in total. The third-order valence-corrected chi connectivity index (χ3v) is 6.55. The van der Waals surface area contributed by atoms with Crippen LogP contribution in [0.4, 0.5) is 5.82 Å². The molecular weight excluding hydrogens is 464 g/mol. The summed E-state index contributed by atoms with van der Waals surface area (Å²) in [6.07, 6.45) is 1.80. The summed E-state index contributed by atoms with van der Waals surface area (Å²) in [5.41, 5.74) is 2.16. The van der Waals surface area contributed by atoms with Crippen molar-refractivity contribution in [2.45, 2.75) is 19.8 Å². The van der Waals surface area contributed by atoms with Gasteiger partial charge in [0.1, 0.15) is 17.4 Å². The van der Waals surface area contributed by atoms with Crippen LogP contribution in [0.3, 0.4) is 0 Å². The Hall–Kier alpha value is -3.65. The molecule has 5 rings (SSSR count). The number of piperazine rings is 1. The van der Waals surface area contributed by atoms with Crippen molar-refractivity contribution < 1.29 is 9.53 Å². The lowest BCUT2D eigenvalue weighted by atomic mass is 10.1. The van der Waals surface area contributed by atoms with Crippen molar-refractivity contribution in [3.63, 3.8) is 0 Å². The van der Waals surface area contributed by atoms with Gasteiger partial charge in [0, 0.05) is 37.7 Å². The molecule has 0 spiro atoms. The van der Waals surface area contributed by atoms with Gasteiger partial charge in [-0.3, -0.25) is 4.79 Å². The fourth-order valence-electron chi connectivity index (χ4n) is 4.25. The van der Waals surface area contributed by atoms with Crippen LogP contribution in [0, 0.1) is 0 Å². The molecule has 1 fully saturated rings. The zero-order valence-corrected chi connectivity index (χ0v) is 20.7. The van der Waals surface area contributed by atoms with Crippen LogP contribution in [-0.2, 0) is 0 Å². The Morgan fingerprint density at radius 1 is 1.00 bits per heavy atom. The molecule has 0 bridgehead atoms. The maximum atomic E-state index is 13.0. The number of carbonyl (C=O) groups is 1. The van der Waals surface area contributed by atoms with E-state index in [1.54, 1.807) is 30.1 Å². The topological polar surface area (TPSA) is 76.4 Å². The van der Waals surface area contributed by atoms with Crippen molar-refractivity contribution in [2.24, 2.45) is 0 Å². The van der Waals surface area contributed by atoms with Crippen LogP contribution in [0.25, 0.3) is 16.7 Å². The Morgan fingerprint density at radius 3 is 2.37 bits per heavy atom. The van der Waals surface area contributed by atoms with E-state index in [0.29, 0.717) is 36.8 Å². The third-order valence-electron chi connectivity index (χ3n) is 6.23. The predicted octanol–water partition coefficient (Wildman–Crippen LogP) is 4.56. The number of hydrogen-bond donors (Lipinski definition) is 0. The van der Waals surface area contributed by atoms with Crippen molar-refractivity contribution >= 4 is 34.4 Å². The van der Waals surface area contributed by atoms with Crippen molar-refractivity contribution in [2.75, 3.05) is 38.2 Å². The van der Waals surface area contributed by atoms with Gasteiger partial charge in [0.2, 0.25) is 0 Å². The number of hydrogen-bond acceptors (Lipinski definition) is 6. The van der Waals surface area contributed by atoms with Crippen LogP contribution in [0.5, 0.6) is 5.75 Å². The number of aromatic nitrogens is 4. The molecule has 0 radical (unpaired) electrons. The van der Waals surface area contributed by atoms with Crippen molar-refractivity contribution in [1.29, 1.82) is 0 Å². The van der Waals surface area contributed by atoms with Gasteiger partial charge in [-0.25, -0.2) is 14.6 Å². The second-order valence-corrected chi connectivity index (χ2v) is 9.22. The van der Waals surface area contributed by atoms with E-state index in [1.165, 1.54) is 0 Å². The Morgan fingerprint density at radius 2 is 1.71 bits per heavy atom. The fourth-order valence-corrected chi connectivity index (χ4v) is 4.46. The molecule has 4 aromatic rings. The second kappa shape index (κ2) is 9.54. The molecule has 2 aromatic heterocycles. The lowest BCUT2D eigenvalue weighted by molar-refractivity contribution is 0.0746. The van der Waals surface area contributed by atoms with Gasteiger partial charge in [0.25, 0.3) is 5.91 Å². The molecule has 180 valence electrons. The molecule has 0 atom stereocenters. The van der Waals surface area contributed by atoms with Crippen LogP contribution in [-0.4, -0.2) is 63.8 Å². The summed E-state index contributed by atoms with van der Waals surface area (Å²) >= 11 is 6.46. The van der Waals surface area contributed by atoms with Gasteiger partial charge in [-0.15, -0.1) is 0 Å². The molecule has 1 amide bonds.